The fourth-order valence-corrected chi connectivity index (χ4v) is 5.55. The summed E-state index contributed by atoms with van der Waals surface area (Å²) in [6.07, 6.45) is -2.89. The number of amides is 1. The smallest absolute Gasteiger partial charge is 0.401 e. The van der Waals surface area contributed by atoms with E-state index in [-0.39, 0.29) is 30.0 Å². The van der Waals surface area contributed by atoms with Gasteiger partial charge in [-0.2, -0.15) is 13.2 Å². The number of aryl methyl sites for hydroxylation is 1. The zero-order valence-corrected chi connectivity index (χ0v) is 21.5. The number of carbonyl (C=O) groups is 1. The minimum Gasteiger partial charge on any atom is -0.496 e. The highest BCUT2D eigenvalue weighted by Gasteiger charge is 2.34. The Morgan fingerprint density at radius 1 is 1.22 bits per heavy atom. The molecule has 1 aliphatic rings. The zero-order chi connectivity index (χ0) is 26.9. The molecule has 4 rings (SSSR count). The van der Waals surface area contributed by atoms with Crippen LogP contribution in [0.25, 0.3) is 10.9 Å². The van der Waals surface area contributed by atoms with E-state index in [1.165, 1.54) is 12.0 Å². The van der Waals surface area contributed by atoms with Gasteiger partial charge in [-0.05, 0) is 64.8 Å². The molecule has 1 atom stereocenters. The topological polar surface area (TPSA) is 79.4 Å². The molecule has 1 saturated heterocycles. The van der Waals surface area contributed by atoms with E-state index >= 15 is 0 Å². The predicted octanol–water partition coefficient (Wildman–Crippen LogP) is 4.72. The van der Waals surface area contributed by atoms with Gasteiger partial charge in [0, 0.05) is 28.3 Å². The third kappa shape index (κ3) is 5.69. The van der Waals surface area contributed by atoms with E-state index < -0.39 is 12.7 Å². The van der Waals surface area contributed by atoms with Gasteiger partial charge in [-0.15, -0.1) is 0 Å². The van der Waals surface area contributed by atoms with Gasteiger partial charge in [0.15, 0.2) is 0 Å². The number of fused-ring (bicyclic) bond motifs is 1. The van der Waals surface area contributed by atoms with E-state index in [9.17, 15) is 22.8 Å². The molecule has 0 radical (unpaired) electrons. The van der Waals surface area contributed by atoms with Gasteiger partial charge < -0.3 is 19.6 Å². The number of nitrogens with one attached hydrogen (secondary N) is 2. The van der Waals surface area contributed by atoms with Crippen molar-refractivity contribution < 1.29 is 22.7 Å². The van der Waals surface area contributed by atoms with Gasteiger partial charge in [-0.1, -0.05) is 18.2 Å². The number of benzene rings is 1. The molecule has 1 aromatic carbocycles. The van der Waals surface area contributed by atoms with Crippen LogP contribution in [0.3, 0.4) is 0 Å². The van der Waals surface area contributed by atoms with Crippen LogP contribution in [0.4, 0.5) is 13.2 Å². The van der Waals surface area contributed by atoms with Gasteiger partial charge in [0.1, 0.15) is 5.75 Å². The summed E-state index contributed by atoms with van der Waals surface area (Å²) >= 11 is 0. The number of hydrogen-bond donors (Lipinski definition) is 2. The third-order valence-corrected chi connectivity index (χ3v) is 7.38. The van der Waals surface area contributed by atoms with Crippen LogP contribution in [0, 0.1) is 19.8 Å². The van der Waals surface area contributed by atoms with Crippen molar-refractivity contribution in [2.24, 2.45) is 5.92 Å². The molecule has 1 aliphatic heterocycles. The van der Waals surface area contributed by atoms with Crippen molar-refractivity contribution in [2.45, 2.75) is 52.4 Å². The molecular weight excluding hydrogens is 485 g/mol. The molecule has 3 heterocycles. The quantitative estimate of drug-likeness (QED) is 0.475. The van der Waals surface area contributed by atoms with E-state index in [4.69, 9.17) is 4.74 Å². The number of carbonyl (C=O) groups excluding carboxylic acids is 1. The van der Waals surface area contributed by atoms with Gasteiger partial charge in [-0.3, -0.25) is 14.5 Å². The molecule has 0 aliphatic carbocycles. The number of hydrogen-bond acceptors (Lipinski definition) is 4. The highest BCUT2D eigenvalue weighted by Crippen LogP contribution is 2.36. The summed E-state index contributed by atoms with van der Waals surface area (Å²) in [5.41, 5.74) is 2.90. The number of ether oxygens (including phenoxy) is 1. The van der Waals surface area contributed by atoms with Crippen LogP contribution in [-0.2, 0) is 6.54 Å². The lowest BCUT2D eigenvalue weighted by Gasteiger charge is -2.36. The van der Waals surface area contributed by atoms with E-state index in [2.05, 4.69) is 21.8 Å². The molecule has 200 valence electrons. The van der Waals surface area contributed by atoms with E-state index in [1.54, 1.807) is 13.0 Å². The molecule has 0 saturated carbocycles. The molecular formula is C27H33F3N4O3. The predicted molar refractivity (Wildman–Crippen MR) is 136 cm³/mol. The van der Waals surface area contributed by atoms with Crippen molar-refractivity contribution in [3.63, 3.8) is 0 Å². The summed E-state index contributed by atoms with van der Waals surface area (Å²) in [5, 5.41) is 3.67. The first kappa shape index (κ1) is 26.8. The maximum absolute atomic E-state index is 13.4. The molecule has 10 heteroatoms. The molecule has 0 spiro atoms. The number of nitrogens with zero attached hydrogens (tertiary/aromatic N) is 2. The van der Waals surface area contributed by atoms with E-state index in [1.807, 2.05) is 31.2 Å². The standard InChI is InChI=1S/C27H33F3N4O3/c1-16-13-23(37-4)21(25(35)32-16)14-31-26(36)24-18(3)34(22-8-6-5-7-20(22)24)17(2)19-9-11-33(12-10-19)15-27(28,29)30/h5-8,13,17,19H,9-12,14-15H2,1-4H3,(H,31,36)(H,32,35)/t17-/m0/s1. The average Bonchev–Trinajstić information content (AvgIpc) is 3.13. The van der Waals surface area contributed by atoms with Crippen molar-refractivity contribution in [2.75, 3.05) is 26.7 Å². The molecule has 1 fully saturated rings. The Morgan fingerprint density at radius 3 is 2.54 bits per heavy atom. The Balaban J connectivity index is 1.58. The van der Waals surface area contributed by atoms with Gasteiger partial charge >= 0.3 is 6.18 Å². The third-order valence-electron chi connectivity index (χ3n) is 7.38. The van der Waals surface area contributed by atoms with Crippen LogP contribution in [0.2, 0.25) is 0 Å². The number of H-pyrrole nitrogens is 1. The van der Waals surface area contributed by atoms with Gasteiger partial charge in [0.2, 0.25) is 0 Å². The lowest BCUT2D eigenvalue weighted by molar-refractivity contribution is -0.149. The fourth-order valence-electron chi connectivity index (χ4n) is 5.55. The molecule has 37 heavy (non-hydrogen) atoms. The Bertz CT molecular complexity index is 1340. The summed E-state index contributed by atoms with van der Waals surface area (Å²) in [5.74, 6) is 0.290. The highest BCUT2D eigenvalue weighted by atomic mass is 19.4. The van der Waals surface area contributed by atoms with E-state index in [0.717, 1.165) is 16.6 Å². The first-order valence-corrected chi connectivity index (χ1v) is 12.4. The number of pyridine rings is 1. The van der Waals surface area contributed by atoms with Crippen LogP contribution >= 0.6 is 0 Å². The number of halogens is 3. The number of para-hydroxylation sites is 1. The zero-order valence-electron chi connectivity index (χ0n) is 21.5. The van der Waals surface area contributed by atoms with Crippen LogP contribution in [-0.4, -0.2) is 53.3 Å². The first-order chi connectivity index (χ1) is 17.5. The van der Waals surface area contributed by atoms with Crippen molar-refractivity contribution in [1.82, 2.24) is 19.8 Å². The van der Waals surface area contributed by atoms with Crippen LogP contribution in [0.15, 0.2) is 35.1 Å². The molecule has 7 nitrogen and oxygen atoms in total. The monoisotopic (exact) mass is 518 g/mol. The second-order valence-electron chi connectivity index (χ2n) is 9.83. The Morgan fingerprint density at radius 2 is 1.89 bits per heavy atom. The Hall–Kier alpha value is -3.27. The van der Waals surface area contributed by atoms with Crippen LogP contribution < -0.4 is 15.6 Å². The summed E-state index contributed by atoms with van der Waals surface area (Å²) in [6, 6.07) is 9.35. The molecule has 2 N–H and O–H groups in total. The molecule has 0 bridgehead atoms. The summed E-state index contributed by atoms with van der Waals surface area (Å²) in [7, 11) is 1.48. The largest absolute Gasteiger partial charge is 0.496 e. The Kier molecular flexibility index (Phi) is 7.68. The molecule has 0 unspecified atom stereocenters. The minimum absolute atomic E-state index is 0.000441. The van der Waals surface area contributed by atoms with Crippen molar-refractivity contribution >= 4 is 16.8 Å². The average molecular weight is 519 g/mol. The van der Waals surface area contributed by atoms with Crippen LogP contribution in [0.1, 0.15) is 53.1 Å². The normalized spacial score (nSPS) is 16.2. The Labute approximate surface area is 213 Å². The maximum Gasteiger partial charge on any atom is 0.401 e. The van der Waals surface area contributed by atoms with Crippen LogP contribution in [0.5, 0.6) is 5.75 Å². The first-order valence-electron chi connectivity index (χ1n) is 12.4. The highest BCUT2D eigenvalue weighted by molar-refractivity contribution is 6.08. The maximum atomic E-state index is 13.4. The van der Waals surface area contributed by atoms with Crippen molar-refractivity contribution in [3.8, 4) is 5.75 Å². The minimum atomic E-state index is -4.19. The van der Waals surface area contributed by atoms with Crippen molar-refractivity contribution in [3.05, 3.63) is 63.2 Å². The number of methoxy groups -OCH3 is 1. The number of aromatic nitrogens is 2. The fraction of sp³-hybridized carbons (Fsp3) is 0.481. The summed E-state index contributed by atoms with van der Waals surface area (Å²) in [4.78, 5) is 30.1. The lowest BCUT2D eigenvalue weighted by atomic mass is 9.90. The SMILES string of the molecule is COc1cc(C)[nH]c(=O)c1CNC(=O)c1c(C)n([C@@H](C)C2CCN(CC(F)(F)F)CC2)c2ccccc12. The number of rotatable bonds is 7. The summed E-state index contributed by atoms with van der Waals surface area (Å²) < 4.78 is 45.9. The second kappa shape index (κ2) is 10.6. The number of alkyl halides is 3. The number of aromatic amines is 1. The number of likely N-dealkylation sites (tertiary alicyclic amines) is 1. The van der Waals surface area contributed by atoms with Gasteiger partial charge in [0.25, 0.3) is 11.5 Å². The molecule has 1 amide bonds. The second-order valence-corrected chi connectivity index (χ2v) is 9.83. The lowest BCUT2D eigenvalue weighted by Crippen LogP contribution is -2.41. The van der Waals surface area contributed by atoms with Gasteiger partial charge in [-0.25, -0.2) is 0 Å². The van der Waals surface area contributed by atoms with Gasteiger partial charge in [0.05, 0.1) is 31.3 Å². The van der Waals surface area contributed by atoms with E-state index in [0.29, 0.717) is 48.5 Å². The molecule has 3 aromatic rings. The number of piperidine rings is 1. The molecule has 2 aromatic heterocycles. The summed E-state index contributed by atoms with van der Waals surface area (Å²) in [6.45, 7) is 5.64. The van der Waals surface area contributed by atoms with Crippen molar-refractivity contribution in [1.29, 1.82) is 0 Å².